The van der Waals surface area contributed by atoms with E-state index < -0.39 is 0 Å². The minimum absolute atomic E-state index is 0.0311. The zero-order valence-electron chi connectivity index (χ0n) is 17.5. The highest BCUT2D eigenvalue weighted by molar-refractivity contribution is 8.26. The van der Waals surface area contributed by atoms with Gasteiger partial charge in [0.05, 0.1) is 10.6 Å². The predicted octanol–water partition coefficient (Wildman–Crippen LogP) is 6.93. The maximum Gasteiger partial charge on any atom is 0.266 e. The summed E-state index contributed by atoms with van der Waals surface area (Å²) in [5.41, 5.74) is 1.76. The normalized spacial score (nSPS) is 14.9. The summed E-state index contributed by atoms with van der Waals surface area (Å²) in [6.45, 7) is 0.574. The van der Waals surface area contributed by atoms with Crippen molar-refractivity contribution >= 4 is 85.6 Å². The smallest absolute Gasteiger partial charge is 0.266 e. The third kappa shape index (κ3) is 6.51. The molecular formula is C23H20ClN3O2S4. The lowest BCUT2D eigenvalue weighted by Gasteiger charge is -2.13. The van der Waals surface area contributed by atoms with Gasteiger partial charge in [-0.15, -0.1) is 22.7 Å². The summed E-state index contributed by atoms with van der Waals surface area (Å²) in [6.07, 6.45) is 4.67. The first-order valence-corrected chi connectivity index (χ1v) is 13.7. The molecule has 1 saturated heterocycles. The molecule has 3 heterocycles. The first-order chi connectivity index (χ1) is 16.0. The van der Waals surface area contributed by atoms with Crippen LogP contribution in [0.5, 0.6) is 0 Å². The fraction of sp³-hybridized carbons (Fsp3) is 0.217. The summed E-state index contributed by atoms with van der Waals surface area (Å²) in [7, 11) is 0. The number of rotatable bonds is 9. The lowest BCUT2D eigenvalue weighted by Crippen LogP contribution is -2.29. The number of carbonyl (C=O) groups excluding carboxylic acids is 2. The van der Waals surface area contributed by atoms with E-state index in [0.29, 0.717) is 32.3 Å². The van der Waals surface area contributed by atoms with Crippen LogP contribution in [0.25, 0.3) is 17.3 Å². The first kappa shape index (κ1) is 24.1. The molecule has 5 nitrogen and oxygen atoms in total. The highest BCUT2D eigenvalue weighted by atomic mass is 35.5. The fourth-order valence-corrected chi connectivity index (χ4v) is 6.09. The Bertz CT molecular complexity index is 1170. The van der Waals surface area contributed by atoms with Crippen molar-refractivity contribution in [3.05, 3.63) is 62.0 Å². The number of hydrogen-bond donors (Lipinski definition) is 1. The van der Waals surface area contributed by atoms with Crippen molar-refractivity contribution in [2.75, 3.05) is 11.9 Å². The minimum Gasteiger partial charge on any atom is -0.302 e. The number of nitrogens with zero attached hydrogens (tertiary/aromatic N) is 2. The number of thiazole rings is 1. The van der Waals surface area contributed by atoms with E-state index in [9.17, 15) is 9.59 Å². The molecule has 0 spiro atoms. The van der Waals surface area contributed by atoms with Crippen LogP contribution in [-0.4, -0.2) is 32.6 Å². The van der Waals surface area contributed by atoms with Gasteiger partial charge >= 0.3 is 0 Å². The van der Waals surface area contributed by atoms with Crippen molar-refractivity contribution in [1.82, 2.24) is 9.88 Å². The van der Waals surface area contributed by atoms with Crippen LogP contribution in [0.2, 0.25) is 5.02 Å². The SMILES string of the molecule is O=C(CCCCCN1C(=O)/C(=C\c2cccs2)SC1=S)Nc1nc(-c2ccc(Cl)cc2)cs1. The molecule has 1 N–H and O–H groups in total. The van der Waals surface area contributed by atoms with E-state index in [1.54, 1.807) is 16.2 Å². The number of amides is 2. The summed E-state index contributed by atoms with van der Waals surface area (Å²) in [6, 6.07) is 11.4. The van der Waals surface area contributed by atoms with Gasteiger partial charge in [-0.25, -0.2) is 4.98 Å². The summed E-state index contributed by atoms with van der Waals surface area (Å²) in [4.78, 5) is 32.7. The van der Waals surface area contributed by atoms with Crippen molar-refractivity contribution in [2.45, 2.75) is 25.7 Å². The number of benzene rings is 1. The number of nitrogens with one attached hydrogen (secondary N) is 1. The number of thioether (sulfide) groups is 1. The van der Waals surface area contributed by atoms with Gasteiger partial charge < -0.3 is 5.32 Å². The van der Waals surface area contributed by atoms with Gasteiger partial charge in [-0.3, -0.25) is 14.5 Å². The quantitative estimate of drug-likeness (QED) is 0.184. The Morgan fingerprint density at radius 3 is 2.73 bits per heavy atom. The fourth-order valence-electron chi connectivity index (χ4n) is 3.19. The molecular weight excluding hydrogens is 514 g/mol. The number of anilines is 1. The average molecular weight is 534 g/mol. The largest absolute Gasteiger partial charge is 0.302 e. The van der Waals surface area contributed by atoms with E-state index in [0.717, 1.165) is 35.4 Å². The maximum atomic E-state index is 12.6. The van der Waals surface area contributed by atoms with Gasteiger partial charge in [0.2, 0.25) is 5.91 Å². The maximum absolute atomic E-state index is 12.6. The molecule has 1 fully saturated rings. The van der Waals surface area contributed by atoms with E-state index >= 15 is 0 Å². The lowest BCUT2D eigenvalue weighted by atomic mass is 10.2. The summed E-state index contributed by atoms with van der Waals surface area (Å²) in [5, 5.41) is 8.01. The van der Waals surface area contributed by atoms with Crippen LogP contribution >= 0.6 is 58.3 Å². The van der Waals surface area contributed by atoms with E-state index in [1.165, 1.54) is 23.1 Å². The highest BCUT2D eigenvalue weighted by Crippen LogP contribution is 2.33. The molecule has 2 aromatic heterocycles. The third-order valence-corrected chi connectivity index (χ3v) is 8.07. The van der Waals surface area contributed by atoms with Gasteiger partial charge in [0.25, 0.3) is 5.91 Å². The number of aromatic nitrogens is 1. The highest BCUT2D eigenvalue weighted by Gasteiger charge is 2.31. The summed E-state index contributed by atoms with van der Waals surface area (Å²) < 4.78 is 0.598. The molecule has 1 aromatic carbocycles. The Kier molecular flexibility index (Phi) is 8.32. The number of unbranched alkanes of at least 4 members (excludes halogenated alkanes) is 2. The van der Waals surface area contributed by atoms with Gasteiger partial charge in [0.15, 0.2) is 5.13 Å². The number of carbonyl (C=O) groups is 2. The van der Waals surface area contributed by atoms with Gasteiger partial charge in [-0.1, -0.05) is 60.2 Å². The standard InChI is InChI=1S/C23H20ClN3O2S4/c24-16-9-7-15(8-10-16)18-14-32-22(25-18)26-20(28)6-2-1-3-11-27-21(29)19(33-23(27)30)13-17-5-4-12-31-17/h4-5,7-10,12-14H,1-3,6,11H2,(H,25,26,28)/b19-13+. The van der Waals surface area contributed by atoms with Crippen LogP contribution in [0, 0.1) is 0 Å². The van der Waals surface area contributed by atoms with Crippen molar-refractivity contribution < 1.29 is 9.59 Å². The minimum atomic E-state index is -0.0588. The van der Waals surface area contributed by atoms with Crippen LogP contribution in [0.1, 0.15) is 30.6 Å². The summed E-state index contributed by atoms with van der Waals surface area (Å²) >= 11 is 15.6. The van der Waals surface area contributed by atoms with Gasteiger partial charge in [0.1, 0.15) is 4.32 Å². The molecule has 3 aromatic rings. The molecule has 0 aliphatic carbocycles. The Hall–Kier alpha value is -2.04. The molecule has 1 aliphatic rings. The molecule has 0 atom stereocenters. The predicted molar refractivity (Wildman–Crippen MR) is 144 cm³/mol. The van der Waals surface area contributed by atoms with Crippen molar-refractivity contribution in [3.63, 3.8) is 0 Å². The molecule has 0 radical (unpaired) electrons. The van der Waals surface area contributed by atoms with E-state index in [-0.39, 0.29) is 11.8 Å². The Morgan fingerprint density at radius 1 is 1.15 bits per heavy atom. The topological polar surface area (TPSA) is 62.3 Å². The molecule has 2 amide bonds. The van der Waals surface area contributed by atoms with Crippen molar-refractivity contribution in [2.24, 2.45) is 0 Å². The molecule has 0 unspecified atom stereocenters. The summed E-state index contributed by atoms with van der Waals surface area (Å²) in [5.74, 6) is -0.0899. The molecule has 0 saturated carbocycles. The lowest BCUT2D eigenvalue weighted by molar-refractivity contribution is -0.122. The molecule has 170 valence electrons. The van der Waals surface area contributed by atoms with E-state index in [1.807, 2.05) is 53.2 Å². The molecule has 1 aliphatic heterocycles. The zero-order chi connectivity index (χ0) is 23.2. The third-order valence-electron chi connectivity index (χ3n) is 4.87. The van der Waals surface area contributed by atoms with Crippen LogP contribution in [0.3, 0.4) is 0 Å². The number of hydrogen-bond acceptors (Lipinski definition) is 7. The second kappa shape index (κ2) is 11.4. The van der Waals surface area contributed by atoms with E-state index in [2.05, 4.69) is 10.3 Å². The second-order valence-corrected chi connectivity index (χ2v) is 11.2. The van der Waals surface area contributed by atoms with Crippen LogP contribution in [0.4, 0.5) is 5.13 Å². The molecule has 10 heteroatoms. The number of thiocarbonyl (C=S) groups is 1. The Labute approximate surface area is 214 Å². The molecule has 4 rings (SSSR count). The average Bonchev–Trinajstić information content (AvgIpc) is 3.52. The van der Waals surface area contributed by atoms with Gasteiger partial charge in [-0.2, -0.15) is 0 Å². The van der Waals surface area contributed by atoms with Crippen LogP contribution in [0.15, 0.2) is 52.1 Å². The zero-order valence-corrected chi connectivity index (χ0v) is 21.5. The Morgan fingerprint density at radius 2 is 1.97 bits per heavy atom. The number of thiophene rings is 1. The van der Waals surface area contributed by atoms with Gasteiger partial charge in [-0.05, 0) is 42.5 Å². The Balaban J connectivity index is 1.18. The monoisotopic (exact) mass is 533 g/mol. The van der Waals surface area contributed by atoms with Crippen molar-refractivity contribution in [1.29, 1.82) is 0 Å². The van der Waals surface area contributed by atoms with E-state index in [4.69, 9.17) is 23.8 Å². The van der Waals surface area contributed by atoms with Gasteiger partial charge in [0, 0.05) is 33.8 Å². The van der Waals surface area contributed by atoms with Crippen molar-refractivity contribution in [3.8, 4) is 11.3 Å². The van der Waals surface area contributed by atoms with Crippen LogP contribution < -0.4 is 5.32 Å². The second-order valence-electron chi connectivity index (χ2n) is 7.25. The van der Waals surface area contributed by atoms with Crippen LogP contribution in [-0.2, 0) is 9.59 Å². The first-order valence-electron chi connectivity index (χ1n) is 10.3. The molecule has 0 bridgehead atoms. The molecule has 33 heavy (non-hydrogen) atoms. The number of halogens is 1.